The van der Waals surface area contributed by atoms with Crippen LogP contribution in [0, 0.1) is 5.92 Å². The lowest BCUT2D eigenvalue weighted by Crippen LogP contribution is -2.31. The first-order valence-corrected chi connectivity index (χ1v) is 5.13. The number of nitrogens with zero attached hydrogens (tertiary/aromatic N) is 1. The molecule has 1 aromatic heterocycles. The van der Waals surface area contributed by atoms with Gasteiger partial charge < -0.3 is 0 Å². The Hall–Kier alpha value is -1.11. The van der Waals surface area contributed by atoms with E-state index in [9.17, 15) is 0 Å². The molecule has 0 aromatic carbocycles. The van der Waals surface area contributed by atoms with Crippen molar-refractivity contribution in [2.75, 3.05) is 0 Å². The first-order valence-electron chi connectivity index (χ1n) is 5.13. The van der Waals surface area contributed by atoms with Crippen LogP contribution in [0.3, 0.4) is 0 Å². The van der Waals surface area contributed by atoms with Crippen molar-refractivity contribution >= 4 is 11.1 Å². The summed E-state index contributed by atoms with van der Waals surface area (Å²) in [5.74, 6) is 0.581. The highest BCUT2D eigenvalue weighted by molar-refractivity contribution is 5.47. The maximum Gasteiger partial charge on any atom is 0.0687 e. The Morgan fingerprint density at radius 3 is 2.36 bits per heavy atom. The third-order valence-corrected chi connectivity index (χ3v) is 2.57. The summed E-state index contributed by atoms with van der Waals surface area (Å²) in [6.45, 7) is 10.8. The minimum absolute atomic E-state index is 0.581. The topological polar surface area (TPSA) is 12.9 Å². The van der Waals surface area contributed by atoms with Gasteiger partial charge in [0.1, 0.15) is 0 Å². The van der Waals surface area contributed by atoms with Crippen LogP contribution in [0.4, 0.5) is 0 Å². The summed E-state index contributed by atoms with van der Waals surface area (Å²) in [6.07, 6.45) is 1.86. The van der Waals surface area contributed by atoms with Crippen molar-refractivity contribution in [2.45, 2.75) is 34.6 Å². The van der Waals surface area contributed by atoms with Gasteiger partial charge in [-0.25, -0.2) is 0 Å². The summed E-state index contributed by atoms with van der Waals surface area (Å²) >= 11 is 0. The summed E-state index contributed by atoms with van der Waals surface area (Å²) in [7, 11) is 0. The van der Waals surface area contributed by atoms with E-state index in [0.717, 1.165) is 5.35 Å². The highest BCUT2D eigenvalue weighted by Gasteiger charge is 1.99. The Kier molecular flexibility index (Phi) is 3.45. The van der Waals surface area contributed by atoms with Crippen LogP contribution >= 0.6 is 0 Å². The third kappa shape index (κ3) is 2.22. The minimum atomic E-state index is 0.581. The Balaban J connectivity index is 3.67. The molecule has 1 heteroatoms. The van der Waals surface area contributed by atoms with Crippen LogP contribution in [-0.4, -0.2) is 4.98 Å². The van der Waals surface area contributed by atoms with Crippen molar-refractivity contribution < 1.29 is 0 Å². The van der Waals surface area contributed by atoms with Crippen LogP contribution in [0.1, 0.15) is 34.6 Å². The third-order valence-electron chi connectivity index (χ3n) is 2.57. The second kappa shape index (κ2) is 4.41. The van der Waals surface area contributed by atoms with E-state index in [2.05, 4.69) is 45.7 Å². The maximum absolute atomic E-state index is 4.42. The maximum atomic E-state index is 4.42. The summed E-state index contributed by atoms with van der Waals surface area (Å²) in [4.78, 5) is 4.42. The van der Waals surface area contributed by atoms with Gasteiger partial charge in [0.15, 0.2) is 0 Å². The Labute approximate surface area is 86.2 Å². The van der Waals surface area contributed by atoms with E-state index in [1.807, 2.05) is 12.3 Å². The van der Waals surface area contributed by atoms with Gasteiger partial charge in [-0.2, -0.15) is 0 Å². The van der Waals surface area contributed by atoms with Crippen LogP contribution < -0.4 is 10.6 Å². The monoisotopic (exact) mass is 189 g/mol. The van der Waals surface area contributed by atoms with E-state index in [4.69, 9.17) is 0 Å². The smallest absolute Gasteiger partial charge is 0.0687 e. The molecular weight excluding hydrogens is 170 g/mol. The molecule has 0 unspecified atom stereocenters. The van der Waals surface area contributed by atoms with E-state index < -0.39 is 0 Å². The number of aromatic nitrogens is 1. The molecule has 1 rings (SSSR count). The molecule has 0 aliphatic rings. The van der Waals surface area contributed by atoms with Crippen molar-refractivity contribution in [1.29, 1.82) is 0 Å². The molecule has 1 nitrogen and oxygen atoms in total. The second-order valence-corrected chi connectivity index (χ2v) is 4.24. The van der Waals surface area contributed by atoms with Gasteiger partial charge >= 0.3 is 0 Å². The molecule has 14 heavy (non-hydrogen) atoms. The quantitative estimate of drug-likeness (QED) is 0.659. The SMILES string of the molecule is CC(C)=c1nccc/c1=C(/C)C(C)C. The predicted molar refractivity (Wildman–Crippen MR) is 62.2 cm³/mol. The largest absolute Gasteiger partial charge is 0.256 e. The fourth-order valence-corrected chi connectivity index (χ4v) is 1.43. The van der Waals surface area contributed by atoms with Crippen molar-refractivity contribution in [3.05, 3.63) is 28.9 Å². The molecule has 0 amide bonds. The Bertz CT molecular complexity index is 423. The molecule has 0 radical (unpaired) electrons. The number of hydrogen-bond donors (Lipinski definition) is 0. The zero-order chi connectivity index (χ0) is 10.7. The number of rotatable bonds is 1. The van der Waals surface area contributed by atoms with E-state index in [1.165, 1.54) is 16.4 Å². The van der Waals surface area contributed by atoms with Gasteiger partial charge in [0, 0.05) is 6.20 Å². The molecule has 1 aromatic rings. The molecule has 0 bridgehead atoms. The normalized spacial score (nSPS) is 13.0. The summed E-state index contributed by atoms with van der Waals surface area (Å²) in [5, 5.41) is 2.43. The second-order valence-electron chi connectivity index (χ2n) is 4.24. The van der Waals surface area contributed by atoms with Gasteiger partial charge in [-0.3, -0.25) is 4.98 Å². The summed E-state index contributed by atoms with van der Waals surface area (Å²) < 4.78 is 0. The molecule has 0 spiro atoms. The molecule has 0 fully saturated rings. The van der Waals surface area contributed by atoms with Gasteiger partial charge in [-0.05, 0) is 38.0 Å². The molecule has 0 saturated carbocycles. The summed E-state index contributed by atoms with van der Waals surface area (Å²) in [6, 6.07) is 4.16. The zero-order valence-corrected chi connectivity index (χ0v) is 9.76. The molecular formula is C13H19N. The van der Waals surface area contributed by atoms with Gasteiger partial charge in [0.25, 0.3) is 0 Å². The highest BCUT2D eigenvalue weighted by Crippen LogP contribution is 2.05. The summed E-state index contributed by atoms with van der Waals surface area (Å²) in [5.41, 5.74) is 2.69. The molecule has 76 valence electrons. The lowest BCUT2D eigenvalue weighted by atomic mass is 10.0. The number of hydrogen-bond acceptors (Lipinski definition) is 1. The molecule has 0 aliphatic carbocycles. The molecule has 0 N–H and O–H groups in total. The van der Waals surface area contributed by atoms with Crippen LogP contribution in [0.5, 0.6) is 0 Å². The first kappa shape index (κ1) is 11.0. The lowest BCUT2D eigenvalue weighted by Gasteiger charge is -2.05. The Morgan fingerprint density at radius 2 is 1.86 bits per heavy atom. The predicted octanol–water partition coefficient (Wildman–Crippen LogP) is 2.10. The average Bonchev–Trinajstić information content (AvgIpc) is 2.16. The molecule has 1 heterocycles. The van der Waals surface area contributed by atoms with Gasteiger partial charge in [0.2, 0.25) is 0 Å². The fraction of sp³-hybridized carbons (Fsp3) is 0.462. The van der Waals surface area contributed by atoms with Gasteiger partial charge in [-0.1, -0.05) is 31.1 Å². The van der Waals surface area contributed by atoms with E-state index in [1.54, 1.807) is 0 Å². The van der Waals surface area contributed by atoms with Crippen molar-refractivity contribution in [3.8, 4) is 0 Å². The van der Waals surface area contributed by atoms with Crippen LogP contribution in [0.15, 0.2) is 18.3 Å². The van der Waals surface area contributed by atoms with Crippen LogP contribution in [0.25, 0.3) is 11.1 Å². The standard InChI is InChI=1S/C13H19N/c1-9(2)11(5)12-7-6-8-14-13(12)10(3)4/h6-9H,1-5H3/b12-11+. The average molecular weight is 189 g/mol. The van der Waals surface area contributed by atoms with Crippen molar-refractivity contribution in [1.82, 2.24) is 4.98 Å². The van der Waals surface area contributed by atoms with E-state index >= 15 is 0 Å². The van der Waals surface area contributed by atoms with E-state index in [-0.39, 0.29) is 0 Å². The molecule has 0 aliphatic heterocycles. The van der Waals surface area contributed by atoms with Gasteiger partial charge in [0.05, 0.1) is 5.35 Å². The molecule has 0 saturated heterocycles. The van der Waals surface area contributed by atoms with Crippen LogP contribution in [-0.2, 0) is 0 Å². The van der Waals surface area contributed by atoms with Crippen molar-refractivity contribution in [3.63, 3.8) is 0 Å². The first-order chi connectivity index (χ1) is 6.54. The van der Waals surface area contributed by atoms with E-state index in [0.29, 0.717) is 5.92 Å². The fourth-order valence-electron chi connectivity index (χ4n) is 1.43. The Morgan fingerprint density at radius 1 is 1.21 bits per heavy atom. The highest BCUT2D eigenvalue weighted by atomic mass is 14.6. The van der Waals surface area contributed by atoms with Crippen LogP contribution in [0.2, 0.25) is 0 Å². The lowest BCUT2D eigenvalue weighted by molar-refractivity contribution is 0.838. The van der Waals surface area contributed by atoms with Crippen molar-refractivity contribution in [2.24, 2.45) is 5.92 Å². The minimum Gasteiger partial charge on any atom is -0.256 e. The number of pyridine rings is 1. The molecule has 0 atom stereocenters. The van der Waals surface area contributed by atoms with Gasteiger partial charge in [-0.15, -0.1) is 0 Å². The zero-order valence-electron chi connectivity index (χ0n) is 9.76.